The van der Waals surface area contributed by atoms with Crippen molar-refractivity contribution in [2.45, 2.75) is 0 Å². The summed E-state index contributed by atoms with van der Waals surface area (Å²) >= 11 is 0. The number of amides is 3. The van der Waals surface area contributed by atoms with Gasteiger partial charge in [-0.05, 0) is 48.5 Å². The van der Waals surface area contributed by atoms with E-state index in [9.17, 15) is 34.6 Å². The third-order valence-electron chi connectivity index (χ3n) is 5.78. The highest BCUT2D eigenvalue weighted by atomic mass is 16.6. The quantitative estimate of drug-likeness (QED) is 0.245. The summed E-state index contributed by atoms with van der Waals surface area (Å²) in [6, 6.07) is 18.1. The van der Waals surface area contributed by atoms with E-state index in [2.05, 4.69) is 5.32 Å². The number of benzene rings is 4. The zero-order chi connectivity index (χ0) is 25.6. The number of nitrogens with one attached hydrogen (secondary N) is 1. The SMILES string of the molecule is O=C(Nc1ccc([N+](=O)[O-])cc1)c1cccc(N2C(=O)c3cccc4c([N+](=O)[O-])ccc(c34)C2=O)c1. The first-order valence-electron chi connectivity index (χ1n) is 10.5. The topological polar surface area (TPSA) is 153 Å². The van der Waals surface area contributed by atoms with Gasteiger partial charge in [-0.15, -0.1) is 0 Å². The van der Waals surface area contributed by atoms with Crippen LogP contribution in [0.5, 0.6) is 0 Å². The first kappa shape index (κ1) is 22.3. The molecule has 1 aliphatic heterocycles. The smallest absolute Gasteiger partial charge is 0.277 e. The zero-order valence-electron chi connectivity index (χ0n) is 18.2. The molecular formula is C25H14N4O7. The lowest BCUT2D eigenvalue weighted by molar-refractivity contribution is -0.384. The van der Waals surface area contributed by atoms with Crippen molar-refractivity contribution in [3.63, 3.8) is 0 Å². The molecule has 3 amide bonds. The van der Waals surface area contributed by atoms with E-state index in [-0.39, 0.29) is 44.5 Å². The van der Waals surface area contributed by atoms with Gasteiger partial charge in [0.15, 0.2) is 0 Å². The second-order valence-corrected chi connectivity index (χ2v) is 7.87. The summed E-state index contributed by atoms with van der Waals surface area (Å²) in [6.45, 7) is 0. The van der Waals surface area contributed by atoms with Gasteiger partial charge in [0.1, 0.15) is 0 Å². The van der Waals surface area contributed by atoms with Gasteiger partial charge in [-0.1, -0.05) is 12.1 Å². The number of nitro benzene ring substituents is 2. The van der Waals surface area contributed by atoms with Crippen LogP contribution in [0.1, 0.15) is 31.1 Å². The molecule has 0 fully saturated rings. The molecule has 0 saturated carbocycles. The Morgan fingerprint density at radius 2 is 1.44 bits per heavy atom. The number of nitro groups is 2. The normalized spacial score (nSPS) is 12.5. The first-order chi connectivity index (χ1) is 17.3. The summed E-state index contributed by atoms with van der Waals surface area (Å²) in [5.41, 5.74) is 0.523. The van der Waals surface area contributed by atoms with E-state index in [1.807, 2.05) is 0 Å². The first-order valence-corrected chi connectivity index (χ1v) is 10.5. The second kappa shape index (κ2) is 8.40. The molecule has 0 saturated heterocycles. The van der Waals surface area contributed by atoms with Crippen LogP contribution in [0, 0.1) is 20.2 Å². The maximum atomic E-state index is 13.3. The highest BCUT2D eigenvalue weighted by Gasteiger charge is 2.35. The largest absolute Gasteiger partial charge is 0.322 e. The summed E-state index contributed by atoms with van der Waals surface area (Å²) in [5, 5.41) is 25.2. The van der Waals surface area contributed by atoms with Gasteiger partial charge in [-0.3, -0.25) is 34.6 Å². The van der Waals surface area contributed by atoms with Crippen LogP contribution >= 0.6 is 0 Å². The third kappa shape index (κ3) is 3.60. The summed E-state index contributed by atoms with van der Waals surface area (Å²) in [4.78, 5) is 61.5. The highest BCUT2D eigenvalue weighted by molar-refractivity contribution is 6.36. The van der Waals surface area contributed by atoms with E-state index in [1.165, 1.54) is 78.9 Å². The molecule has 4 aromatic carbocycles. The van der Waals surface area contributed by atoms with Gasteiger partial charge < -0.3 is 5.32 Å². The molecule has 0 radical (unpaired) electrons. The summed E-state index contributed by atoms with van der Waals surface area (Å²) in [6.07, 6.45) is 0. The molecule has 4 aromatic rings. The number of carbonyl (C=O) groups is 3. The zero-order valence-corrected chi connectivity index (χ0v) is 18.2. The predicted octanol–water partition coefficient (Wildman–Crippen LogP) is 4.71. The van der Waals surface area contributed by atoms with Crippen molar-refractivity contribution in [1.29, 1.82) is 0 Å². The number of imide groups is 1. The molecule has 0 spiro atoms. The lowest BCUT2D eigenvalue weighted by atomic mass is 9.92. The molecule has 1 N–H and O–H groups in total. The Morgan fingerprint density at radius 3 is 2.11 bits per heavy atom. The Bertz CT molecular complexity index is 1610. The Balaban J connectivity index is 1.49. The van der Waals surface area contributed by atoms with Gasteiger partial charge in [0.25, 0.3) is 29.1 Å². The van der Waals surface area contributed by atoms with E-state index in [1.54, 1.807) is 0 Å². The van der Waals surface area contributed by atoms with Crippen LogP contribution in [0.15, 0.2) is 78.9 Å². The summed E-state index contributed by atoms with van der Waals surface area (Å²) in [7, 11) is 0. The van der Waals surface area contributed by atoms with Gasteiger partial charge in [-0.2, -0.15) is 0 Å². The van der Waals surface area contributed by atoms with Crippen molar-refractivity contribution < 1.29 is 24.2 Å². The lowest BCUT2D eigenvalue weighted by Crippen LogP contribution is -2.40. The molecule has 0 atom stereocenters. The number of nitrogens with zero attached hydrogens (tertiary/aromatic N) is 3. The van der Waals surface area contributed by atoms with Crippen molar-refractivity contribution in [3.8, 4) is 0 Å². The van der Waals surface area contributed by atoms with Crippen LogP contribution in [0.3, 0.4) is 0 Å². The third-order valence-corrected chi connectivity index (χ3v) is 5.78. The van der Waals surface area contributed by atoms with Crippen molar-refractivity contribution in [2.24, 2.45) is 0 Å². The predicted molar refractivity (Wildman–Crippen MR) is 129 cm³/mol. The van der Waals surface area contributed by atoms with Gasteiger partial charge in [0.05, 0.1) is 20.9 Å². The molecular weight excluding hydrogens is 468 g/mol. The molecule has 0 aliphatic carbocycles. The summed E-state index contributed by atoms with van der Waals surface area (Å²) < 4.78 is 0. The molecule has 0 aromatic heterocycles. The number of hydrogen-bond donors (Lipinski definition) is 1. The Morgan fingerprint density at radius 1 is 0.778 bits per heavy atom. The molecule has 0 unspecified atom stereocenters. The van der Waals surface area contributed by atoms with Gasteiger partial charge in [-0.25, -0.2) is 4.90 Å². The second-order valence-electron chi connectivity index (χ2n) is 7.87. The molecule has 176 valence electrons. The van der Waals surface area contributed by atoms with E-state index in [0.717, 1.165) is 4.90 Å². The van der Waals surface area contributed by atoms with Crippen LogP contribution < -0.4 is 10.2 Å². The number of anilines is 2. The fourth-order valence-electron chi connectivity index (χ4n) is 4.13. The van der Waals surface area contributed by atoms with Crippen molar-refractivity contribution in [3.05, 3.63) is 116 Å². The van der Waals surface area contributed by atoms with Gasteiger partial charge in [0, 0.05) is 46.0 Å². The number of hydrogen-bond acceptors (Lipinski definition) is 7. The van der Waals surface area contributed by atoms with Crippen molar-refractivity contribution in [2.75, 3.05) is 10.2 Å². The Hall–Kier alpha value is -5.45. The van der Waals surface area contributed by atoms with Crippen LogP contribution in [-0.2, 0) is 0 Å². The van der Waals surface area contributed by atoms with Crippen molar-refractivity contribution in [1.82, 2.24) is 0 Å². The minimum Gasteiger partial charge on any atom is -0.322 e. The lowest BCUT2D eigenvalue weighted by Gasteiger charge is -2.27. The maximum absolute atomic E-state index is 13.3. The molecule has 11 nitrogen and oxygen atoms in total. The minimum atomic E-state index is -0.675. The average Bonchev–Trinajstić information content (AvgIpc) is 2.87. The monoisotopic (exact) mass is 482 g/mol. The molecule has 1 heterocycles. The molecule has 11 heteroatoms. The van der Waals surface area contributed by atoms with E-state index in [4.69, 9.17) is 0 Å². The van der Waals surface area contributed by atoms with E-state index in [0.29, 0.717) is 5.69 Å². The van der Waals surface area contributed by atoms with Crippen LogP contribution in [-0.4, -0.2) is 27.6 Å². The van der Waals surface area contributed by atoms with Crippen LogP contribution in [0.25, 0.3) is 10.8 Å². The molecule has 1 aliphatic rings. The van der Waals surface area contributed by atoms with Crippen molar-refractivity contribution >= 4 is 51.2 Å². The number of rotatable bonds is 5. The highest BCUT2D eigenvalue weighted by Crippen LogP contribution is 2.37. The number of carbonyl (C=O) groups excluding carboxylic acids is 3. The standard InChI is InChI=1S/C25H14N4O7/c30-23(26-15-7-9-16(10-8-15)28(33)34)14-3-1-4-17(13-14)27-24(31)19-6-2-5-18-21(29(35)36)12-11-20(22(18)19)25(27)32/h1-13H,(H,26,30). The Kier molecular flexibility index (Phi) is 5.21. The fraction of sp³-hybridized carbons (Fsp3) is 0. The van der Waals surface area contributed by atoms with Gasteiger partial charge >= 0.3 is 0 Å². The maximum Gasteiger partial charge on any atom is 0.277 e. The molecule has 36 heavy (non-hydrogen) atoms. The average molecular weight is 482 g/mol. The van der Waals surface area contributed by atoms with Gasteiger partial charge in [0.2, 0.25) is 0 Å². The van der Waals surface area contributed by atoms with Crippen LogP contribution in [0.4, 0.5) is 22.7 Å². The molecule has 0 bridgehead atoms. The van der Waals surface area contributed by atoms with E-state index >= 15 is 0 Å². The summed E-state index contributed by atoms with van der Waals surface area (Å²) in [5.74, 6) is -1.90. The minimum absolute atomic E-state index is 0.127. The van der Waals surface area contributed by atoms with E-state index < -0.39 is 27.6 Å². The Labute approximate surface area is 201 Å². The number of non-ortho nitro benzene ring substituents is 2. The van der Waals surface area contributed by atoms with Crippen LogP contribution in [0.2, 0.25) is 0 Å². The fourth-order valence-corrected chi connectivity index (χ4v) is 4.13. The molecule has 5 rings (SSSR count).